The maximum atomic E-state index is 14.5. The van der Waals surface area contributed by atoms with Gasteiger partial charge in [-0.05, 0) is 55.0 Å². The van der Waals surface area contributed by atoms with Crippen LogP contribution in [-0.4, -0.2) is 22.0 Å². The molecule has 4 aromatic rings. The van der Waals surface area contributed by atoms with Crippen molar-refractivity contribution in [3.63, 3.8) is 0 Å². The van der Waals surface area contributed by atoms with Crippen LogP contribution in [0, 0.1) is 11.6 Å². The van der Waals surface area contributed by atoms with Crippen LogP contribution in [0.5, 0.6) is 0 Å². The van der Waals surface area contributed by atoms with Crippen LogP contribution in [0.4, 0.5) is 13.9 Å². The zero-order chi connectivity index (χ0) is 25.1. The number of benzene rings is 3. The van der Waals surface area contributed by atoms with Gasteiger partial charge in [-0.3, -0.25) is 10.1 Å². The van der Waals surface area contributed by atoms with Crippen LogP contribution in [0.3, 0.4) is 0 Å². The van der Waals surface area contributed by atoms with E-state index in [0.717, 1.165) is 58.5 Å². The van der Waals surface area contributed by atoms with Crippen molar-refractivity contribution in [3.8, 4) is 0 Å². The predicted octanol–water partition coefficient (Wildman–Crippen LogP) is 7.20. The Balaban J connectivity index is 1.62. The fraction of sp³-hybridized carbons (Fsp3) is 0.222. The van der Waals surface area contributed by atoms with Crippen LogP contribution in [-0.2, 0) is 11.2 Å². The molecule has 0 radical (unpaired) electrons. The number of fused-ring (bicyclic) bond motifs is 3. The highest BCUT2D eigenvalue weighted by Crippen LogP contribution is 2.34. The molecular formula is C27H24F2N2O3S. The van der Waals surface area contributed by atoms with Crippen molar-refractivity contribution in [2.45, 2.75) is 39.5 Å². The molecule has 0 aliphatic rings. The number of unbranched alkanes of at least 4 members (excludes halogenated alkanes) is 2. The number of nitrogens with zero attached hydrogens (tertiary/aromatic N) is 1. The van der Waals surface area contributed by atoms with Crippen molar-refractivity contribution in [2.24, 2.45) is 0 Å². The lowest BCUT2D eigenvalue weighted by Crippen LogP contribution is -2.13. The third-order valence-electron chi connectivity index (χ3n) is 5.82. The van der Waals surface area contributed by atoms with Gasteiger partial charge in [-0.1, -0.05) is 55.4 Å². The normalized spacial score (nSPS) is 11.8. The number of nitrogens with one attached hydrogen (secondary N) is 1. The average Bonchev–Trinajstić information content (AvgIpc) is 3.24. The lowest BCUT2D eigenvalue weighted by molar-refractivity contribution is -0.132. The van der Waals surface area contributed by atoms with Crippen molar-refractivity contribution in [3.05, 3.63) is 76.4 Å². The summed E-state index contributed by atoms with van der Waals surface area (Å²) in [6, 6.07) is 11.9. The zero-order valence-corrected chi connectivity index (χ0v) is 20.1. The number of thiazole rings is 1. The van der Waals surface area contributed by atoms with Crippen molar-refractivity contribution in [1.82, 2.24) is 4.98 Å². The van der Waals surface area contributed by atoms with E-state index in [2.05, 4.69) is 29.4 Å². The molecule has 180 valence electrons. The molecule has 0 fully saturated rings. The SMILES string of the molecule is CCCCCc1cccc2c1ccc1sc(NC(=O)c3cc(F)c(C=C(C)C(=O)O)c(F)c3)nc12. The number of hydrogen-bond donors (Lipinski definition) is 2. The number of aromatic nitrogens is 1. The van der Waals surface area contributed by atoms with E-state index in [4.69, 9.17) is 5.11 Å². The van der Waals surface area contributed by atoms with Gasteiger partial charge in [-0.25, -0.2) is 18.6 Å². The van der Waals surface area contributed by atoms with E-state index in [1.54, 1.807) is 0 Å². The molecule has 5 nitrogen and oxygen atoms in total. The second-order valence-corrected chi connectivity index (χ2v) is 9.37. The topological polar surface area (TPSA) is 79.3 Å². The van der Waals surface area contributed by atoms with Crippen molar-refractivity contribution < 1.29 is 23.5 Å². The quantitative estimate of drug-likeness (QED) is 0.201. The van der Waals surface area contributed by atoms with E-state index in [1.807, 2.05) is 18.2 Å². The van der Waals surface area contributed by atoms with Gasteiger partial charge in [-0.15, -0.1) is 0 Å². The van der Waals surface area contributed by atoms with E-state index in [9.17, 15) is 18.4 Å². The number of rotatable bonds is 8. The van der Waals surface area contributed by atoms with E-state index in [-0.39, 0.29) is 11.1 Å². The van der Waals surface area contributed by atoms with Crippen LogP contribution in [0.25, 0.3) is 27.1 Å². The monoisotopic (exact) mass is 494 g/mol. The molecule has 35 heavy (non-hydrogen) atoms. The molecule has 0 atom stereocenters. The first kappa shape index (κ1) is 24.5. The molecule has 1 aromatic heterocycles. The molecular weight excluding hydrogens is 470 g/mol. The highest BCUT2D eigenvalue weighted by molar-refractivity contribution is 7.22. The Morgan fingerprint density at radius 1 is 1.09 bits per heavy atom. The van der Waals surface area contributed by atoms with E-state index >= 15 is 0 Å². The van der Waals surface area contributed by atoms with Gasteiger partial charge in [0.2, 0.25) is 0 Å². The summed E-state index contributed by atoms with van der Waals surface area (Å²) in [7, 11) is 0. The van der Waals surface area contributed by atoms with Crippen LogP contribution >= 0.6 is 11.3 Å². The summed E-state index contributed by atoms with van der Waals surface area (Å²) in [5, 5.41) is 14.0. The maximum Gasteiger partial charge on any atom is 0.331 e. The molecule has 1 heterocycles. The Kier molecular flexibility index (Phi) is 7.21. The number of carboxylic acid groups (broad SMARTS) is 1. The van der Waals surface area contributed by atoms with Crippen LogP contribution in [0.2, 0.25) is 0 Å². The van der Waals surface area contributed by atoms with Crippen LogP contribution in [0.1, 0.15) is 54.6 Å². The lowest BCUT2D eigenvalue weighted by Gasteiger charge is -2.07. The van der Waals surface area contributed by atoms with Gasteiger partial charge in [0.1, 0.15) is 11.6 Å². The van der Waals surface area contributed by atoms with Crippen molar-refractivity contribution in [2.75, 3.05) is 5.32 Å². The van der Waals surface area contributed by atoms with Crippen molar-refractivity contribution >= 4 is 55.4 Å². The number of carbonyl (C=O) groups excluding carboxylic acids is 1. The molecule has 8 heteroatoms. The first-order valence-corrected chi connectivity index (χ1v) is 12.1. The van der Waals surface area contributed by atoms with Crippen LogP contribution in [0.15, 0.2) is 48.0 Å². The Hall–Kier alpha value is -3.65. The summed E-state index contributed by atoms with van der Waals surface area (Å²) in [6.45, 7) is 3.40. The minimum Gasteiger partial charge on any atom is -0.478 e. The molecule has 1 amide bonds. The molecule has 0 bridgehead atoms. The van der Waals surface area contributed by atoms with Gasteiger partial charge >= 0.3 is 5.97 Å². The molecule has 3 aromatic carbocycles. The lowest BCUT2D eigenvalue weighted by atomic mass is 9.99. The van der Waals surface area contributed by atoms with Gasteiger partial charge < -0.3 is 5.11 Å². The number of halogens is 2. The van der Waals surface area contributed by atoms with E-state index in [1.165, 1.54) is 30.2 Å². The standard InChI is InChI=1S/C27H24F2N2O3S/c1-3-4-5-7-16-8-6-9-19-18(16)10-11-23-24(19)30-27(35-23)31-25(32)17-13-21(28)20(22(29)14-17)12-15(2)26(33)34/h6,8-14H,3-5,7H2,1-2H3,(H,33,34)(H,30,31,32). The van der Waals surface area contributed by atoms with Gasteiger partial charge in [0.25, 0.3) is 5.91 Å². The Morgan fingerprint density at radius 3 is 2.51 bits per heavy atom. The minimum atomic E-state index is -1.29. The number of carbonyl (C=O) groups is 2. The first-order valence-electron chi connectivity index (χ1n) is 11.3. The fourth-order valence-electron chi connectivity index (χ4n) is 3.95. The molecule has 0 aliphatic carbocycles. The molecule has 4 rings (SSSR count). The number of carboxylic acids is 1. The van der Waals surface area contributed by atoms with Gasteiger partial charge in [0, 0.05) is 22.1 Å². The van der Waals surface area contributed by atoms with E-state index in [0.29, 0.717) is 5.13 Å². The highest BCUT2D eigenvalue weighted by atomic mass is 32.1. The largest absolute Gasteiger partial charge is 0.478 e. The Morgan fingerprint density at radius 2 is 1.83 bits per heavy atom. The number of aliphatic carboxylic acids is 1. The summed E-state index contributed by atoms with van der Waals surface area (Å²) >= 11 is 1.28. The van der Waals surface area contributed by atoms with Gasteiger partial charge in [-0.2, -0.15) is 0 Å². The Bertz CT molecular complexity index is 1450. The van der Waals surface area contributed by atoms with Crippen LogP contribution < -0.4 is 5.32 Å². The fourth-order valence-corrected chi connectivity index (χ4v) is 4.83. The number of anilines is 1. The molecule has 0 saturated heterocycles. The van der Waals surface area contributed by atoms with Gasteiger partial charge in [0.15, 0.2) is 5.13 Å². The Labute approximate surface area is 205 Å². The second-order valence-electron chi connectivity index (χ2n) is 8.34. The summed E-state index contributed by atoms with van der Waals surface area (Å²) in [5.74, 6) is -4.05. The average molecular weight is 495 g/mol. The summed E-state index contributed by atoms with van der Waals surface area (Å²) in [4.78, 5) is 28.3. The molecule has 2 N–H and O–H groups in total. The molecule has 0 unspecified atom stereocenters. The first-order chi connectivity index (χ1) is 16.8. The summed E-state index contributed by atoms with van der Waals surface area (Å²) in [5.41, 5.74) is 1.06. The number of hydrogen-bond acceptors (Lipinski definition) is 4. The zero-order valence-electron chi connectivity index (χ0n) is 19.3. The smallest absolute Gasteiger partial charge is 0.331 e. The molecule has 0 aliphatic heterocycles. The van der Waals surface area contributed by atoms with E-state index < -0.39 is 29.1 Å². The highest BCUT2D eigenvalue weighted by Gasteiger charge is 2.17. The third-order valence-corrected chi connectivity index (χ3v) is 6.75. The van der Waals surface area contributed by atoms with Crippen molar-refractivity contribution in [1.29, 1.82) is 0 Å². The predicted molar refractivity (Wildman–Crippen MR) is 136 cm³/mol. The maximum absolute atomic E-state index is 14.5. The number of aryl methyl sites for hydroxylation is 1. The second kappa shape index (κ2) is 10.3. The summed E-state index contributed by atoms with van der Waals surface area (Å²) in [6.07, 6.45) is 5.31. The summed E-state index contributed by atoms with van der Waals surface area (Å²) < 4.78 is 29.8. The third kappa shape index (κ3) is 5.22. The minimum absolute atomic E-state index is 0.227. The number of amides is 1. The molecule has 0 saturated carbocycles. The molecule has 0 spiro atoms. The van der Waals surface area contributed by atoms with Gasteiger partial charge in [0.05, 0.1) is 10.2 Å².